The fourth-order valence-corrected chi connectivity index (χ4v) is 8.97. The molecular weight excluding hydrogens is 703 g/mol. The molecule has 0 N–H and O–H groups in total. The Morgan fingerprint density at radius 3 is 1.64 bits per heavy atom. The summed E-state index contributed by atoms with van der Waals surface area (Å²) >= 11 is 1.79. The number of hydrogen-bond donors (Lipinski definition) is 0. The second kappa shape index (κ2) is 13.3. The van der Waals surface area contributed by atoms with E-state index in [1.807, 2.05) is 36.4 Å². The first-order chi connectivity index (χ1) is 27.7. The molecule has 5 heteroatoms. The van der Waals surface area contributed by atoms with Crippen molar-refractivity contribution < 1.29 is 4.42 Å². The molecule has 0 fully saturated rings. The van der Waals surface area contributed by atoms with Crippen molar-refractivity contribution in [2.24, 2.45) is 0 Å². The van der Waals surface area contributed by atoms with Gasteiger partial charge in [-0.1, -0.05) is 158 Å². The highest BCUT2D eigenvalue weighted by molar-refractivity contribution is 7.26. The van der Waals surface area contributed by atoms with E-state index in [2.05, 4.69) is 152 Å². The van der Waals surface area contributed by atoms with Crippen molar-refractivity contribution in [2.45, 2.75) is 0 Å². The summed E-state index contributed by atoms with van der Waals surface area (Å²) in [5.74, 6) is 1.93. The molecule has 0 saturated carbocycles. The number of benzene rings is 8. The normalized spacial score (nSPS) is 11.6. The van der Waals surface area contributed by atoms with E-state index in [4.69, 9.17) is 19.4 Å². The van der Waals surface area contributed by atoms with Crippen molar-refractivity contribution >= 4 is 53.4 Å². The summed E-state index contributed by atoms with van der Waals surface area (Å²) in [4.78, 5) is 15.3. The molecule has 0 atom stereocenters. The van der Waals surface area contributed by atoms with E-state index in [-0.39, 0.29) is 0 Å². The SMILES string of the molecule is c1ccc(-c2ccc(-c3nc(-c4ccccc4)nc(-c4cccc5sc6cc(-c7cc(-c8ccccc8)cc8c7oc7ccccc78)ccc6c45)n3)cc2)cc1. The number of aromatic nitrogens is 3. The van der Waals surface area contributed by atoms with Gasteiger partial charge in [-0.15, -0.1) is 11.3 Å². The summed E-state index contributed by atoms with van der Waals surface area (Å²) in [6.45, 7) is 0. The first-order valence-corrected chi connectivity index (χ1v) is 19.5. The molecule has 0 aliphatic heterocycles. The van der Waals surface area contributed by atoms with Crippen molar-refractivity contribution in [3.8, 4) is 67.5 Å². The molecule has 0 aliphatic carbocycles. The Morgan fingerprint density at radius 1 is 0.339 bits per heavy atom. The molecule has 56 heavy (non-hydrogen) atoms. The van der Waals surface area contributed by atoms with Gasteiger partial charge in [-0.3, -0.25) is 0 Å². The maximum absolute atomic E-state index is 6.58. The summed E-state index contributed by atoms with van der Waals surface area (Å²) in [6.07, 6.45) is 0. The summed E-state index contributed by atoms with van der Waals surface area (Å²) in [7, 11) is 0. The Labute approximate surface area is 327 Å². The minimum absolute atomic E-state index is 0.639. The van der Waals surface area contributed by atoms with E-state index in [0.717, 1.165) is 66.3 Å². The minimum Gasteiger partial charge on any atom is -0.455 e. The highest BCUT2D eigenvalue weighted by Gasteiger charge is 2.19. The zero-order valence-electron chi connectivity index (χ0n) is 30.1. The van der Waals surface area contributed by atoms with Gasteiger partial charge in [0, 0.05) is 53.2 Å². The van der Waals surface area contributed by atoms with Gasteiger partial charge in [0.15, 0.2) is 17.5 Å². The third-order valence-corrected chi connectivity index (χ3v) is 11.7. The van der Waals surface area contributed by atoms with Gasteiger partial charge in [-0.25, -0.2) is 15.0 Å². The highest BCUT2D eigenvalue weighted by Crippen LogP contribution is 2.44. The average Bonchev–Trinajstić information content (AvgIpc) is 3.85. The van der Waals surface area contributed by atoms with Gasteiger partial charge < -0.3 is 4.42 Å². The standard InChI is InChI=1S/C51H31N3OS/c1-4-13-32(14-5-1)34-23-25-36(26-24-34)50-52-49(35-17-8-3-9-18-35)53-51(54-50)41-20-12-22-45-47(41)40-28-27-37(31-46(40)56-45)42-29-38(33-15-6-2-7-16-33)30-43-39-19-10-11-21-44(39)55-48(42)43/h1-31H. The van der Waals surface area contributed by atoms with Crippen LogP contribution in [0.3, 0.4) is 0 Å². The largest absolute Gasteiger partial charge is 0.455 e. The van der Waals surface area contributed by atoms with Gasteiger partial charge >= 0.3 is 0 Å². The zero-order valence-corrected chi connectivity index (χ0v) is 30.9. The number of furan rings is 1. The molecule has 0 bridgehead atoms. The Bertz CT molecular complexity index is 3230. The van der Waals surface area contributed by atoms with E-state index in [9.17, 15) is 0 Å². The van der Waals surface area contributed by atoms with Crippen LogP contribution < -0.4 is 0 Å². The fraction of sp³-hybridized carbons (Fsp3) is 0. The molecule has 4 nitrogen and oxygen atoms in total. The lowest BCUT2D eigenvalue weighted by Gasteiger charge is -2.10. The van der Waals surface area contributed by atoms with E-state index >= 15 is 0 Å². The monoisotopic (exact) mass is 733 g/mol. The van der Waals surface area contributed by atoms with Crippen molar-refractivity contribution in [1.82, 2.24) is 15.0 Å². The average molecular weight is 734 g/mol. The predicted molar refractivity (Wildman–Crippen MR) is 233 cm³/mol. The molecule has 262 valence electrons. The third kappa shape index (κ3) is 5.56. The number of thiophene rings is 1. The minimum atomic E-state index is 0.639. The molecule has 0 radical (unpaired) electrons. The predicted octanol–water partition coefficient (Wildman–Crippen LogP) is 14.1. The van der Waals surface area contributed by atoms with Crippen molar-refractivity contribution in [3.05, 3.63) is 188 Å². The van der Waals surface area contributed by atoms with Gasteiger partial charge in [0.2, 0.25) is 0 Å². The van der Waals surface area contributed by atoms with Crippen LogP contribution in [0.4, 0.5) is 0 Å². The lowest BCUT2D eigenvalue weighted by Crippen LogP contribution is -2.00. The third-order valence-electron chi connectivity index (χ3n) is 10.6. The molecule has 3 heterocycles. The maximum Gasteiger partial charge on any atom is 0.164 e. The van der Waals surface area contributed by atoms with Gasteiger partial charge in [0.1, 0.15) is 11.2 Å². The second-order valence-corrected chi connectivity index (χ2v) is 15.1. The Hall–Kier alpha value is -7.21. The van der Waals surface area contributed by atoms with E-state index in [1.54, 1.807) is 11.3 Å². The lowest BCUT2D eigenvalue weighted by atomic mass is 9.95. The van der Waals surface area contributed by atoms with Crippen molar-refractivity contribution in [3.63, 3.8) is 0 Å². The van der Waals surface area contributed by atoms with Crippen LogP contribution in [0.2, 0.25) is 0 Å². The van der Waals surface area contributed by atoms with Crippen LogP contribution in [-0.2, 0) is 0 Å². The Morgan fingerprint density at radius 2 is 0.911 bits per heavy atom. The van der Waals surface area contributed by atoms with Crippen LogP contribution in [0.25, 0.3) is 110 Å². The van der Waals surface area contributed by atoms with Crippen LogP contribution in [0.15, 0.2) is 192 Å². The van der Waals surface area contributed by atoms with Crippen molar-refractivity contribution in [2.75, 3.05) is 0 Å². The summed E-state index contributed by atoms with van der Waals surface area (Å²) in [5.41, 5.74) is 11.5. The molecule has 11 aromatic rings. The zero-order chi connectivity index (χ0) is 37.0. The number of rotatable bonds is 6. The van der Waals surface area contributed by atoms with E-state index in [0.29, 0.717) is 17.5 Å². The van der Waals surface area contributed by atoms with Crippen LogP contribution in [-0.4, -0.2) is 15.0 Å². The summed E-state index contributed by atoms with van der Waals surface area (Å²) < 4.78 is 8.95. The van der Waals surface area contributed by atoms with Crippen LogP contribution in [0.5, 0.6) is 0 Å². The molecular formula is C51H31N3OS. The molecule has 0 aliphatic rings. The number of hydrogen-bond acceptors (Lipinski definition) is 5. The van der Waals surface area contributed by atoms with Crippen molar-refractivity contribution in [1.29, 1.82) is 0 Å². The molecule has 0 unspecified atom stereocenters. The van der Waals surface area contributed by atoms with E-state index in [1.165, 1.54) is 25.9 Å². The Balaban J connectivity index is 1.07. The molecule has 0 spiro atoms. The highest BCUT2D eigenvalue weighted by atomic mass is 32.1. The first kappa shape index (κ1) is 32.2. The fourth-order valence-electron chi connectivity index (χ4n) is 7.80. The van der Waals surface area contributed by atoms with Crippen LogP contribution in [0, 0.1) is 0 Å². The maximum atomic E-state index is 6.58. The lowest BCUT2D eigenvalue weighted by molar-refractivity contribution is 0.670. The van der Waals surface area contributed by atoms with Crippen LogP contribution in [0.1, 0.15) is 0 Å². The van der Waals surface area contributed by atoms with Gasteiger partial charge in [-0.2, -0.15) is 0 Å². The van der Waals surface area contributed by atoms with E-state index < -0.39 is 0 Å². The topological polar surface area (TPSA) is 51.8 Å². The Kier molecular flexibility index (Phi) is 7.64. The molecule has 8 aromatic carbocycles. The first-order valence-electron chi connectivity index (χ1n) is 18.7. The van der Waals surface area contributed by atoms with Crippen LogP contribution >= 0.6 is 11.3 Å². The molecule has 3 aromatic heterocycles. The smallest absolute Gasteiger partial charge is 0.164 e. The van der Waals surface area contributed by atoms with Gasteiger partial charge in [-0.05, 0) is 58.1 Å². The molecule has 0 saturated heterocycles. The number of fused-ring (bicyclic) bond motifs is 6. The van der Waals surface area contributed by atoms with Gasteiger partial charge in [0.05, 0.1) is 0 Å². The number of para-hydroxylation sites is 1. The number of nitrogens with zero attached hydrogens (tertiary/aromatic N) is 3. The summed E-state index contributed by atoms with van der Waals surface area (Å²) in [6, 6.07) is 65.7. The molecule has 0 amide bonds. The molecule has 11 rings (SSSR count). The second-order valence-electron chi connectivity index (χ2n) is 14.0. The van der Waals surface area contributed by atoms with Gasteiger partial charge in [0.25, 0.3) is 0 Å². The summed E-state index contributed by atoms with van der Waals surface area (Å²) in [5, 5.41) is 4.54. The quantitative estimate of drug-likeness (QED) is 0.171.